The number of nitrogens with zero attached hydrogens (tertiary/aromatic N) is 1. The van der Waals surface area contributed by atoms with Crippen LogP contribution in [0.5, 0.6) is 0 Å². The van der Waals surface area contributed by atoms with Crippen LogP contribution in [0.2, 0.25) is 0 Å². The zero-order chi connectivity index (χ0) is 11.8. The molecule has 0 spiro atoms. The molecule has 1 saturated heterocycles. The van der Waals surface area contributed by atoms with Crippen molar-refractivity contribution < 1.29 is 9.21 Å². The molecule has 1 aliphatic heterocycles. The highest BCUT2D eigenvalue weighted by Gasteiger charge is 2.29. The average molecular weight is 286 g/mol. The SMILES string of the molecule is CC1(C)CCN(C(=O)c2ccoc2Br)CC1. The van der Waals surface area contributed by atoms with Crippen molar-refractivity contribution in [3.63, 3.8) is 0 Å². The van der Waals surface area contributed by atoms with E-state index in [9.17, 15) is 4.79 Å². The number of halogens is 1. The Bertz CT molecular complexity index is 387. The molecule has 3 nitrogen and oxygen atoms in total. The van der Waals surface area contributed by atoms with E-state index in [0.717, 1.165) is 25.9 Å². The Morgan fingerprint density at radius 2 is 2.06 bits per heavy atom. The molecule has 1 aromatic heterocycles. The van der Waals surface area contributed by atoms with Gasteiger partial charge < -0.3 is 9.32 Å². The summed E-state index contributed by atoms with van der Waals surface area (Å²) in [5.41, 5.74) is 0.990. The van der Waals surface area contributed by atoms with Gasteiger partial charge in [-0.3, -0.25) is 4.79 Å². The molecule has 0 unspecified atom stereocenters. The molecular weight excluding hydrogens is 270 g/mol. The van der Waals surface area contributed by atoms with Crippen LogP contribution < -0.4 is 0 Å². The smallest absolute Gasteiger partial charge is 0.258 e. The summed E-state index contributed by atoms with van der Waals surface area (Å²) < 4.78 is 5.62. The van der Waals surface area contributed by atoms with Crippen molar-refractivity contribution in [2.75, 3.05) is 13.1 Å². The number of likely N-dealkylation sites (tertiary alicyclic amines) is 1. The lowest BCUT2D eigenvalue weighted by molar-refractivity contribution is 0.0628. The largest absolute Gasteiger partial charge is 0.457 e. The molecule has 0 aromatic carbocycles. The fourth-order valence-corrected chi connectivity index (χ4v) is 2.34. The van der Waals surface area contributed by atoms with Crippen LogP contribution in [0.3, 0.4) is 0 Å². The van der Waals surface area contributed by atoms with E-state index >= 15 is 0 Å². The van der Waals surface area contributed by atoms with Crippen molar-refractivity contribution in [1.29, 1.82) is 0 Å². The minimum absolute atomic E-state index is 0.0659. The summed E-state index contributed by atoms with van der Waals surface area (Å²) in [6.07, 6.45) is 3.66. The standard InChI is InChI=1S/C12H16BrNO2/c1-12(2)4-6-14(7-5-12)11(15)9-3-8-16-10(9)13/h3,8H,4-7H2,1-2H3. The predicted octanol–water partition coefficient (Wildman–Crippen LogP) is 3.30. The lowest BCUT2D eigenvalue weighted by Gasteiger charge is -2.36. The van der Waals surface area contributed by atoms with Gasteiger partial charge >= 0.3 is 0 Å². The van der Waals surface area contributed by atoms with Crippen molar-refractivity contribution >= 4 is 21.8 Å². The molecule has 0 N–H and O–H groups in total. The van der Waals surface area contributed by atoms with Gasteiger partial charge in [0.2, 0.25) is 0 Å². The van der Waals surface area contributed by atoms with Gasteiger partial charge in [0, 0.05) is 13.1 Å². The maximum absolute atomic E-state index is 12.1. The lowest BCUT2D eigenvalue weighted by atomic mass is 9.82. The highest BCUT2D eigenvalue weighted by Crippen LogP contribution is 2.31. The molecule has 2 rings (SSSR count). The fourth-order valence-electron chi connectivity index (χ4n) is 1.93. The Labute approximate surface area is 104 Å². The molecule has 0 aliphatic carbocycles. The van der Waals surface area contributed by atoms with E-state index in [1.165, 1.54) is 6.26 Å². The first-order chi connectivity index (χ1) is 7.49. The van der Waals surface area contributed by atoms with Crippen LogP contribution in [0.25, 0.3) is 0 Å². The third-order valence-corrected chi connectivity index (χ3v) is 3.87. The molecule has 1 fully saturated rings. The first-order valence-corrected chi connectivity index (χ1v) is 6.31. The summed E-state index contributed by atoms with van der Waals surface area (Å²) in [6.45, 7) is 6.18. The van der Waals surface area contributed by atoms with Crippen molar-refractivity contribution in [3.8, 4) is 0 Å². The molecule has 16 heavy (non-hydrogen) atoms. The van der Waals surface area contributed by atoms with E-state index in [1.54, 1.807) is 6.07 Å². The zero-order valence-electron chi connectivity index (χ0n) is 9.62. The number of rotatable bonds is 1. The van der Waals surface area contributed by atoms with E-state index in [0.29, 0.717) is 15.6 Å². The van der Waals surface area contributed by atoms with Crippen LogP contribution in [0.1, 0.15) is 37.0 Å². The summed E-state index contributed by atoms with van der Waals surface area (Å²) >= 11 is 3.24. The topological polar surface area (TPSA) is 33.5 Å². The van der Waals surface area contributed by atoms with Gasteiger partial charge in [-0.2, -0.15) is 0 Å². The minimum Gasteiger partial charge on any atom is -0.457 e. The Kier molecular flexibility index (Phi) is 3.10. The number of hydrogen-bond acceptors (Lipinski definition) is 2. The molecule has 0 radical (unpaired) electrons. The average Bonchev–Trinajstić information content (AvgIpc) is 2.63. The predicted molar refractivity (Wildman–Crippen MR) is 65.3 cm³/mol. The fraction of sp³-hybridized carbons (Fsp3) is 0.583. The van der Waals surface area contributed by atoms with Gasteiger partial charge in [0.25, 0.3) is 5.91 Å². The molecule has 2 heterocycles. The Balaban J connectivity index is 2.05. The first-order valence-electron chi connectivity index (χ1n) is 5.52. The third kappa shape index (κ3) is 2.32. The Hall–Kier alpha value is -0.770. The van der Waals surface area contributed by atoms with Crippen molar-refractivity contribution in [2.45, 2.75) is 26.7 Å². The van der Waals surface area contributed by atoms with Crippen LogP contribution in [-0.4, -0.2) is 23.9 Å². The highest BCUT2D eigenvalue weighted by atomic mass is 79.9. The first kappa shape index (κ1) is 11.7. The van der Waals surface area contributed by atoms with Gasteiger partial charge in [0.1, 0.15) is 0 Å². The maximum Gasteiger partial charge on any atom is 0.258 e. The van der Waals surface area contributed by atoms with E-state index < -0.39 is 0 Å². The number of carbonyl (C=O) groups excluding carboxylic acids is 1. The molecule has 0 saturated carbocycles. The van der Waals surface area contributed by atoms with Gasteiger partial charge in [-0.05, 0) is 40.3 Å². The van der Waals surface area contributed by atoms with Gasteiger partial charge in [-0.25, -0.2) is 0 Å². The number of carbonyl (C=O) groups is 1. The molecular formula is C12H16BrNO2. The maximum atomic E-state index is 12.1. The van der Waals surface area contributed by atoms with E-state index in [-0.39, 0.29) is 5.91 Å². The molecule has 1 aliphatic rings. The van der Waals surface area contributed by atoms with Crippen LogP contribution in [-0.2, 0) is 0 Å². The molecule has 88 valence electrons. The third-order valence-electron chi connectivity index (χ3n) is 3.25. The monoisotopic (exact) mass is 285 g/mol. The summed E-state index contributed by atoms with van der Waals surface area (Å²) in [5, 5.41) is 0. The molecule has 0 atom stereocenters. The van der Waals surface area contributed by atoms with Gasteiger partial charge in [0.05, 0.1) is 11.8 Å². The van der Waals surface area contributed by atoms with Crippen molar-refractivity contribution in [3.05, 3.63) is 22.6 Å². The highest BCUT2D eigenvalue weighted by molar-refractivity contribution is 9.10. The lowest BCUT2D eigenvalue weighted by Crippen LogP contribution is -2.41. The summed E-state index contributed by atoms with van der Waals surface area (Å²) in [4.78, 5) is 14.0. The summed E-state index contributed by atoms with van der Waals surface area (Å²) in [5.74, 6) is 0.0659. The molecule has 1 amide bonds. The normalized spacial score (nSPS) is 19.8. The van der Waals surface area contributed by atoms with Crippen LogP contribution in [0.15, 0.2) is 21.4 Å². The molecule has 1 aromatic rings. The number of piperidine rings is 1. The zero-order valence-corrected chi connectivity index (χ0v) is 11.2. The van der Waals surface area contributed by atoms with Gasteiger partial charge in [-0.1, -0.05) is 13.8 Å². The summed E-state index contributed by atoms with van der Waals surface area (Å²) in [6, 6.07) is 1.71. The van der Waals surface area contributed by atoms with Crippen molar-refractivity contribution in [2.24, 2.45) is 5.41 Å². The van der Waals surface area contributed by atoms with E-state index in [2.05, 4.69) is 29.8 Å². The Morgan fingerprint density at radius 3 is 2.56 bits per heavy atom. The quantitative estimate of drug-likeness (QED) is 0.793. The second-order valence-electron chi connectivity index (χ2n) is 5.06. The summed E-state index contributed by atoms with van der Waals surface area (Å²) in [7, 11) is 0. The number of amides is 1. The van der Waals surface area contributed by atoms with Crippen LogP contribution >= 0.6 is 15.9 Å². The molecule has 0 bridgehead atoms. The van der Waals surface area contributed by atoms with Crippen molar-refractivity contribution in [1.82, 2.24) is 4.90 Å². The second-order valence-corrected chi connectivity index (χ2v) is 5.78. The second kappa shape index (κ2) is 4.24. The molecule has 4 heteroatoms. The number of hydrogen-bond donors (Lipinski definition) is 0. The number of furan rings is 1. The minimum atomic E-state index is 0.0659. The van der Waals surface area contributed by atoms with Crippen LogP contribution in [0, 0.1) is 5.41 Å². The van der Waals surface area contributed by atoms with E-state index in [1.807, 2.05) is 4.90 Å². The van der Waals surface area contributed by atoms with Gasteiger partial charge in [-0.15, -0.1) is 0 Å². The van der Waals surface area contributed by atoms with E-state index in [4.69, 9.17) is 4.42 Å². The van der Waals surface area contributed by atoms with Crippen LogP contribution in [0.4, 0.5) is 0 Å². The van der Waals surface area contributed by atoms with Gasteiger partial charge in [0.15, 0.2) is 4.67 Å². The Morgan fingerprint density at radius 1 is 1.44 bits per heavy atom.